The van der Waals surface area contributed by atoms with E-state index in [0.29, 0.717) is 71.4 Å². The van der Waals surface area contributed by atoms with E-state index >= 15 is 0 Å². The highest BCUT2D eigenvalue weighted by Gasteiger charge is 2.32. The lowest BCUT2D eigenvalue weighted by Crippen LogP contribution is -2.30. The molecule has 4 heterocycles. The lowest BCUT2D eigenvalue weighted by atomic mass is 10.1. The van der Waals surface area contributed by atoms with E-state index in [9.17, 15) is 40.7 Å². The van der Waals surface area contributed by atoms with E-state index in [1.165, 1.54) is 31.2 Å². The maximum Gasteiger partial charge on any atom is 0.573 e. The first-order chi connectivity index (χ1) is 35.0. The number of fused-ring (bicyclic) bond motifs is 2. The number of thiol groups is 1. The maximum absolute atomic E-state index is 12.9. The standard InChI is InChI=1S/C27H25F3N4O3S.C25H23F3N4O2S/c1-18(35)38-17-23(20-6-3-2-4-7-20)33-25(36)14-13-24-32-22-8-5-15-31-26(22)34(24)16-19-9-11-21(12-10-19)37-27(28,29)30;26-25(27,28)34-19-10-8-17(9-11-19)15-32-22(30-20-7-4-14-29-24(20)32)12-13-23(33)31-21(16-35)18-5-2-1-3-6-18/h2-12,15,23H,13-14,16-17H2,1H3,(H,33,36);1-11,14,21,35H,12-13,15-16H2,(H,31,33)/t23-;21-/m00/s1. The second-order valence-electron chi connectivity index (χ2n) is 16.4. The van der Waals surface area contributed by atoms with Crippen LogP contribution in [0.25, 0.3) is 22.3 Å². The minimum Gasteiger partial charge on any atom is -0.406 e. The number of hydrogen-bond acceptors (Lipinski definition) is 11. The van der Waals surface area contributed by atoms with Crippen molar-refractivity contribution in [3.8, 4) is 11.5 Å². The number of alkyl halides is 6. The molecule has 73 heavy (non-hydrogen) atoms. The van der Waals surface area contributed by atoms with Crippen LogP contribution < -0.4 is 20.1 Å². The van der Waals surface area contributed by atoms with Gasteiger partial charge in [0.05, 0.1) is 25.2 Å². The van der Waals surface area contributed by atoms with Gasteiger partial charge in [-0.2, -0.15) is 12.6 Å². The molecule has 0 bridgehead atoms. The fourth-order valence-electron chi connectivity index (χ4n) is 7.69. The fourth-order valence-corrected chi connectivity index (χ4v) is 8.67. The lowest BCUT2D eigenvalue weighted by molar-refractivity contribution is -0.275. The number of carbonyl (C=O) groups is 3. The molecule has 13 nitrogen and oxygen atoms in total. The van der Waals surface area contributed by atoms with Crippen LogP contribution in [0.5, 0.6) is 11.5 Å². The van der Waals surface area contributed by atoms with E-state index in [0.717, 1.165) is 34.0 Å². The summed E-state index contributed by atoms with van der Waals surface area (Å²) in [7, 11) is 0. The first kappa shape index (κ1) is 53.4. The number of aryl methyl sites for hydroxylation is 2. The Kier molecular flexibility index (Phi) is 18.2. The van der Waals surface area contributed by atoms with Gasteiger partial charge in [0.25, 0.3) is 0 Å². The number of rotatable bonds is 19. The van der Waals surface area contributed by atoms with Crippen molar-refractivity contribution in [2.24, 2.45) is 0 Å². The molecule has 8 aromatic rings. The van der Waals surface area contributed by atoms with Gasteiger partial charge in [0, 0.05) is 56.5 Å². The molecular formula is C52H48F6N8O5S2. The van der Waals surface area contributed by atoms with Crippen molar-refractivity contribution in [3.05, 3.63) is 180 Å². The molecule has 2 amide bonds. The number of hydrogen-bond donors (Lipinski definition) is 3. The summed E-state index contributed by atoms with van der Waals surface area (Å²) in [5.74, 6) is 1.25. The summed E-state index contributed by atoms with van der Waals surface area (Å²) < 4.78 is 86.4. The minimum atomic E-state index is -4.76. The van der Waals surface area contributed by atoms with Crippen LogP contribution in [0.2, 0.25) is 0 Å². The van der Waals surface area contributed by atoms with Crippen LogP contribution in [0, 0.1) is 0 Å². The highest BCUT2D eigenvalue weighted by Crippen LogP contribution is 2.27. The van der Waals surface area contributed by atoms with Gasteiger partial charge in [0.1, 0.15) is 34.2 Å². The molecule has 0 fully saturated rings. The topological polar surface area (TPSA) is 155 Å². The number of imidazole rings is 2. The number of carbonyl (C=O) groups excluding carboxylic acids is 3. The molecule has 0 saturated heterocycles. The summed E-state index contributed by atoms with van der Waals surface area (Å²) in [6.45, 7) is 2.13. The first-order valence-corrected chi connectivity index (χ1v) is 24.3. The molecule has 4 aromatic heterocycles. The Morgan fingerprint density at radius 2 is 1.00 bits per heavy atom. The summed E-state index contributed by atoms with van der Waals surface area (Å²) in [4.78, 5) is 55.2. The number of pyridine rings is 2. The molecule has 8 rings (SSSR count). The highest BCUT2D eigenvalue weighted by atomic mass is 32.2. The number of aromatic nitrogens is 6. The Morgan fingerprint density at radius 3 is 1.40 bits per heavy atom. The number of halogens is 6. The molecule has 0 spiro atoms. The van der Waals surface area contributed by atoms with E-state index in [1.807, 2.05) is 81.9 Å². The van der Waals surface area contributed by atoms with Gasteiger partial charge >= 0.3 is 12.7 Å². The van der Waals surface area contributed by atoms with Crippen molar-refractivity contribution in [1.29, 1.82) is 0 Å². The zero-order valence-corrected chi connectivity index (χ0v) is 40.7. The van der Waals surface area contributed by atoms with Gasteiger partial charge in [-0.15, -0.1) is 26.3 Å². The van der Waals surface area contributed by atoms with Gasteiger partial charge in [0.15, 0.2) is 16.4 Å². The third-order valence-electron chi connectivity index (χ3n) is 11.0. The first-order valence-electron chi connectivity index (χ1n) is 22.7. The summed E-state index contributed by atoms with van der Waals surface area (Å²) >= 11 is 5.52. The Hall–Kier alpha value is -7.39. The minimum absolute atomic E-state index is 0.0283. The predicted molar refractivity (Wildman–Crippen MR) is 268 cm³/mol. The summed E-state index contributed by atoms with van der Waals surface area (Å²) in [5.41, 5.74) is 5.93. The molecule has 4 aromatic carbocycles. The van der Waals surface area contributed by atoms with Gasteiger partial charge < -0.3 is 29.2 Å². The van der Waals surface area contributed by atoms with Crippen molar-refractivity contribution in [2.45, 2.75) is 70.5 Å². The van der Waals surface area contributed by atoms with Gasteiger partial charge in [-0.25, -0.2) is 19.9 Å². The predicted octanol–water partition coefficient (Wildman–Crippen LogP) is 10.5. The van der Waals surface area contributed by atoms with Gasteiger partial charge in [-0.1, -0.05) is 96.7 Å². The van der Waals surface area contributed by atoms with Crippen LogP contribution >= 0.6 is 24.4 Å². The Balaban J connectivity index is 0.000000214. The molecule has 0 saturated carbocycles. The van der Waals surface area contributed by atoms with E-state index in [2.05, 4.69) is 52.7 Å². The summed E-state index contributed by atoms with van der Waals surface area (Å²) in [5, 5.41) is 6.00. The van der Waals surface area contributed by atoms with E-state index < -0.39 is 12.7 Å². The molecule has 2 atom stereocenters. The largest absolute Gasteiger partial charge is 0.573 e. The van der Waals surface area contributed by atoms with Crippen molar-refractivity contribution in [2.75, 3.05) is 11.5 Å². The monoisotopic (exact) mass is 1040 g/mol. The Morgan fingerprint density at radius 1 is 0.589 bits per heavy atom. The second-order valence-corrected chi connectivity index (χ2v) is 17.9. The third kappa shape index (κ3) is 16.1. The zero-order valence-electron chi connectivity index (χ0n) is 39.0. The lowest BCUT2D eigenvalue weighted by Gasteiger charge is -2.18. The number of amides is 2. The normalized spacial score (nSPS) is 12.4. The highest BCUT2D eigenvalue weighted by molar-refractivity contribution is 8.13. The molecule has 380 valence electrons. The van der Waals surface area contributed by atoms with Gasteiger partial charge in [-0.05, 0) is 70.8 Å². The van der Waals surface area contributed by atoms with E-state index in [-0.39, 0.29) is 53.4 Å². The van der Waals surface area contributed by atoms with Gasteiger partial charge in [0.2, 0.25) is 11.8 Å². The number of nitrogens with zero attached hydrogens (tertiary/aromatic N) is 6. The van der Waals surface area contributed by atoms with Crippen LogP contribution in [0.3, 0.4) is 0 Å². The van der Waals surface area contributed by atoms with Crippen LogP contribution in [0.4, 0.5) is 26.3 Å². The van der Waals surface area contributed by atoms with Crippen molar-refractivity contribution >= 4 is 63.6 Å². The summed E-state index contributed by atoms with van der Waals surface area (Å²) in [6.07, 6.45) is -5.18. The smallest absolute Gasteiger partial charge is 0.406 e. The van der Waals surface area contributed by atoms with Crippen molar-refractivity contribution < 1.29 is 50.2 Å². The average Bonchev–Trinajstić information content (AvgIpc) is 3.90. The number of ether oxygens (including phenoxy) is 2. The molecule has 0 unspecified atom stereocenters. The number of benzene rings is 4. The molecule has 0 radical (unpaired) electrons. The van der Waals surface area contributed by atoms with Gasteiger partial charge in [-0.3, -0.25) is 14.4 Å². The molecule has 0 aliphatic carbocycles. The van der Waals surface area contributed by atoms with Crippen LogP contribution in [-0.4, -0.2) is 70.2 Å². The Bertz CT molecular complexity index is 3090. The summed E-state index contributed by atoms with van der Waals surface area (Å²) in [6, 6.07) is 37.0. The molecule has 21 heteroatoms. The average molecular weight is 1040 g/mol. The third-order valence-corrected chi connectivity index (χ3v) is 12.3. The Labute approximate surface area is 425 Å². The zero-order chi connectivity index (χ0) is 52.0. The molecular weight excluding hydrogens is 995 g/mol. The molecule has 0 aliphatic rings. The van der Waals surface area contributed by atoms with E-state index in [4.69, 9.17) is 0 Å². The molecule has 0 aliphatic heterocycles. The quantitative estimate of drug-likeness (QED) is 0.0527. The van der Waals surface area contributed by atoms with Crippen molar-refractivity contribution in [1.82, 2.24) is 39.7 Å². The maximum atomic E-state index is 12.9. The van der Waals surface area contributed by atoms with Crippen LogP contribution in [0.1, 0.15) is 65.8 Å². The second kappa shape index (κ2) is 24.8. The van der Waals surface area contributed by atoms with Crippen molar-refractivity contribution in [3.63, 3.8) is 0 Å². The van der Waals surface area contributed by atoms with E-state index in [1.54, 1.807) is 48.8 Å². The molecule has 2 N–H and O–H groups in total. The number of thioether (sulfide) groups is 1. The van der Waals surface area contributed by atoms with Crippen LogP contribution in [0.15, 0.2) is 146 Å². The number of nitrogens with one attached hydrogen (secondary N) is 2. The SMILES string of the molecule is CC(=O)SC[C@H](NC(=O)CCc1nc2cccnc2n1Cc1ccc(OC(F)(F)F)cc1)c1ccccc1.O=C(CCc1nc2cccnc2n1Cc1ccc(OC(F)(F)F)cc1)N[C@@H](CS)c1ccccc1. The fraction of sp³-hybridized carbons (Fsp3) is 0.250. The van der Waals surface area contributed by atoms with Crippen LogP contribution in [-0.2, 0) is 40.3 Å².